The maximum absolute atomic E-state index is 12.5. The van der Waals surface area contributed by atoms with Crippen LogP contribution in [0.1, 0.15) is 12.8 Å². The van der Waals surface area contributed by atoms with Gasteiger partial charge in [0.05, 0.1) is 9.47 Å². The van der Waals surface area contributed by atoms with Gasteiger partial charge in [-0.2, -0.15) is 0 Å². The number of likely N-dealkylation sites (tertiary alicyclic amines) is 1. The number of alkyl halides is 1. The third kappa shape index (κ3) is 4.76. The molecule has 0 aliphatic carbocycles. The molecule has 26 heavy (non-hydrogen) atoms. The summed E-state index contributed by atoms with van der Waals surface area (Å²) in [4.78, 5) is 29.3. The number of hydrogen-bond donors (Lipinski definition) is 1. The van der Waals surface area contributed by atoms with Crippen molar-refractivity contribution < 1.29 is 9.72 Å². The maximum Gasteiger partial charge on any atom is 0.317 e. The predicted molar refractivity (Wildman–Crippen MR) is 109 cm³/mol. The first-order valence-corrected chi connectivity index (χ1v) is 10.4. The highest BCUT2D eigenvalue weighted by Crippen LogP contribution is 2.21. The number of benzene rings is 1. The second-order valence-electron chi connectivity index (χ2n) is 6.71. The van der Waals surface area contributed by atoms with E-state index in [1.54, 1.807) is 12.1 Å². The average Bonchev–Trinajstić information content (AvgIpc) is 2.69. The van der Waals surface area contributed by atoms with Crippen LogP contribution in [0.3, 0.4) is 0 Å². The van der Waals surface area contributed by atoms with E-state index in [0.717, 1.165) is 49.3 Å². The van der Waals surface area contributed by atoms with Gasteiger partial charge >= 0.3 is 6.03 Å². The lowest BCUT2D eigenvalue weighted by atomic mass is 10.1. The molecule has 1 aromatic carbocycles. The van der Waals surface area contributed by atoms with Crippen LogP contribution in [0.4, 0.5) is 16.2 Å². The Hall–Kier alpha value is -1.62. The summed E-state index contributed by atoms with van der Waals surface area (Å²) < 4.78 is 1.04. The van der Waals surface area contributed by atoms with Gasteiger partial charge in [0.2, 0.25) is 0 Å². The van der Waals surface area contributed by atoms with E-state index in [-0.39, 0.29) is 17.8 Å². The molecule has 0 unspecified atom stereocenters. The SMILES string of the molecule is O=C(NC1CCN(CI)CC1)N1CCN(c2ccc([N+](=O)[O-])cc2)CC1. The minimum atomic E-state index is -0.392. The van der Waals surface area contributed by atoms with Crippen LogP contribution in [0.25, 0.3) is 0 Å². The summed E-state index contributed by atoms with van der Waals surface area (Å²) in [7, 11) is 0. The molecule has 3 rings (SSSR count). The van der Waals surface area contributed by atoms with Crippen molar-refractivity contribution in [2.75, 3.05) is 48.7 Å². The molecule has 0 aromatic heterocycles. The zero-order valence-corrected chi connectivity index (χ0v) is 16.8. The third-order valence-corrected chi connectivity index (χ3v) is 6.04. The van der Waals surface area contributed by atoms with Crippen LogP contribution in [0.2, 0.25) is 0 Å². The molecule has 9 heteroatoms. The Labute approximate surface area is 166 Å². The Kier molecular flexibility index (Phi) is 6.52. The smallest absolute Gasteiger partial charge is 0.317 e. The summed E-state index contributed by atoms with van der Waals surface area (Å²) in [6.07, 6.45) is 2.02. The van der Waals surface area contributed by atoms with Gasteiger partial charge in [-0.3, -0.25) is 15.0 Å². The van der Waals surface area contributed by atoms with Crippen molar-refractivity contribution in [3.8, 4) is 0 Å². The highest BCUT2D eigenvalue weighted by Gasteiger charge is 2.25. The largest absolute Gasteiger partial charge is 0.368 e. The third-order valence-electron chi connectivity index (χ3n) is 5.08. The summed E-state index contributed by atoms with van der Waals surface area (Å²) in [6.45, 7) is 4.88. The molecule has 1 aromatic rings. The number of nitrogens with one attached hydrogen (secondary N) is 1. The van der Waals surface area contributed by atoms with E-state index in [1.165, 1.54) is 12.1 Å². The Bertz CT molecular complexity index is 626. The quantitative estimate of drug-likeness (QED) is 0.239. The van der Waals surface area contributed by atoms with Gasteiger partial charge in [-0.15, -0.1) is 0 Å². The zero-order chi connectivity index (χ0) is 18.5. The van der Waals surface area contributed by atoms with E-state index in [4.69, 9.17) is 0 Å². The van der Waals surface area contributed by atoms with Gasteiger partial charge < -0.3 is 15.1 Å². The number of nitrogens with zero attached hydrogens (tertiary/aromatic N) is 4. The van der Waals surface area contributed by atoms with Crippen LogP contribution in [-0.4, -0.2) is 70.6 Å². The van der Waals surface area contributed by atoms with Gasteiger partial charge in [-0.05, 0) is 25.0 Å². The number of urea groups is 1. The number of amides is 2. The zero-order valence-electron chi connectivity index (χ0n) is 14.6. The first-order chi connectivity index (χ1) is 12.6. The monoisotopic (exact) mass is 473 g/mol. The molecule has 2 fully saturated rings. The molecule has 0 saturated carbocycles. The number of piperazine rings is 1. The van der Waals surface area contributed by atoms with Crippen LogP contribution in [0.15, 0.2) is 24.3 Å². The van der Waals surface area contributed by atoms with Crippen LogP contribution in [0.5, 0.6) is 0 Å². The molecule has 0 spiro atoms. The normalized spacial score (nSPS) is 19.4. The Balaban J connectivity index is 1.45. The Morgan fingerprint density at radius 1 is 1.12 bits per heavy atom. The summed E-state index contributed by atoms with van der Waals surface area (Å²) >= 11 is 2.38. The van der Waals surface area contributed by atoms with E-state index in [9.17, 15) is 14.9 Å². The number of nitro groups is 1. The molecule has 0 bridgehead atoms. The van der Waals surface area contributed by atoms with E-state index in [0.29, 0.717) is 13.1 Å². The van der Waals surface area contributed by atoms with Gasteiger partial charge in [-0.1, -0.05) is 22.6 Å². The van der Waals surface area contributed by atoms with Crippen LogP contribution in [0, 0.1) is 10.1 Å². The maximum atomic E-state index is 12.5. The lowest BCUT2D eigenvalue weighted by Gasteiger charge is -2.37. The van der Waals surface area contributed by atoms with Gasteiger partial charge in [0.25, 0.3) is 5.69 Å². The van der Waals surface area contributed by atoms with Crippen molar-refractivity contribution in [1.29, 1.82) is 0 Å². The number of halogens is 1. The molecular weight excluding hydrogens is 449 g/mol. The second-order valence-corrected chi connectivity index (χ2v) is 7.39. The average molecular weight is 473 g/mol. The van der Waals surface area contributed by atoms with Crippen LogP contribution in [-0.2, 0) is 0 Å². The molecule has 8 nitrogen and oxygen atoms in total. The second kappa shape index (κ2) is 8.85. The molecule has 0 radical (unpaired) electrons. The number of piperidine rings is 1. The number of nitro benzene ring substituents is 1. The van der Waals surface area contributed by atoms with Crippen molar-refractivity contribution >= 4 is 40.0 Å². The van der Waals surface area contributed by atoms with Crippen LogP contribution >= 0.6 is 22.6 Å². The van der Waals surface area contributed by atoms with Gasteiger partial charge in [-0.25, -0.2) is 4.79 Å². The number of hydrogen-bond acceptors (Lipinski definition) is 5. The number of non-ortho nitro benzene ring substituents is 1. The molecule has 2 heterocycles. The molecule has 2 saturated heterocycles. The molecule has 2 amide bonds. The summed E-state index contributed by atoms with van der Waals surface area (Å²) in [5.74, 6) is 0. The number of carbonyl (C=O) groups is 1. The van der Waals surface area contributed by atoms with Crippen molar-refractivity contribution in [2.45, 2.75) is 18.9 Å². The summed E-state index contributed by atoms with van der Waals surface area (Å²) in [5.41, 5.74) is 1.06. The van der Waals surface area contributed by atoms with Crippen molar-refractivity contribution in [3.63, 3.8) is 0 Å². The van der Waals surface area contributed by atoms with Gasteiger partial charge in [0.15, 0.2) is 0 Å². The van der Waals surface area contributed by atoms with E-state index < -0.39 is 4.92 Å². The standard InChI is InChI=1S/C17H24IN5O3/c18-13-20-7-5-14(6-8-20)19-17(24)22-11-9-21(10-12-22)15-1-3-16(4-2-15)23(25)26/h1-4,14H,5-13H2,(H,19,24). The highest BCUT2D eigenvalue weighted by molar-refractivity contribution is 14.1. The molecule has 0 atom stereocenters. The van der Waals surface area contributed by atoms with Gasteiger partial charge in [0.1, 0.15) is 0 Å². The summed E-state index contributed by atoms with van der Waals surface area (Å²) in [6, 6.07) is 6.90. The topological polar surface area (TPSA) is 82.0 Å². The van der Waals surface area contributed by atoms with Crippen LogP contribution < -0.4 is 10.2 Å². The van der Waals surface area contributed by atoms with E-state index in [2.05, 4.69) is 37.7 Å². The fraction of sp³-hybridized carbons (Fsp3) is 0.588. The van der Waals surface area contributed by atoms with Crippen molar-refractivity contribution in [1.82, 2.24) is 15.1 Å². The fourth-order valence-corrected chi connectivity index (χ4v) is 4.10. The Morgan fingerprint density at radius 2 is 1.73 bits per heavy atom. The first kappa shape index (κ1) is 19.2. The first-order valence-electron chi connectivity index (χ1n) is 8.90. The molecular formula is C17H24IN5O3. The van der Waals surface area contributed by atoms with Crippen molar-refractivity contribution in [3.05, 3.63) is 34.4 Å². The predicted octanol–water partition coefficient (Wildman–Crippen LogP) is 2.28. The van der Waals surface area contributed by atoms with Gasteiger partial charge in [0, 0.05) is 63.1 Å². The lowest BCUT2D eigenvalue weighted by molar-refractivity contribution is -0.384. The minimum Gasteiger partial charge on any atom is -0.368 e. The minimum absolute atomic E-state index is 0.0290. The number of anilines is 1. The van der Waals surface area contributed by atoms with E-state index in [1.807, 2.05) is 4.90 Å². The number of rotatable bonds is 4. The molecule has 2 aliphatic heterocycles. The lowest BCUT2D eigenvalue weighted by Crippen LogP contribution is -2.54. The molecule has 142 valence electrons. The molecule has 1 N–H and O–H groups in total. The fourth-order valence-electron chi connectivity index (χ4n) is 3.42. The Morgan fingerprint density at radius 3 is 2.27 bits per heavy atom. The highest BCUT2D eigenvalue weighted by atomic mass is 127. The number of carbonyl (C=O) groups excluding carboxylic acids is 1. The summed E-state index contributed by atoms with van der Waals surface area (Å²) in [5, 5.41) is 13.9. The molecule has 2 aliphatic rings. The van der Waals surface area contributed by atoms with E-state index >= 15 is 0 Å². The van der Waals surface area contributed by atoms with Crippen molar-refractivity contribution in [2.24, 2.45) is 0 Å².